The standard InChI is InChI=1S/C16H23N3O3/c17-15(20)19-8-9-22-16(12-19)6-3-4-13(16)10-21-11-14-5-1-2-7-18-14/h1-2,5,7,13H,3-4,6,8-12H2,(H2,17,20)/t13-,16+/m0/s1. The Kier molecular flexibility index (Phi) is 4.59. The lowest BCUT2D eigenvalue weighted by atomic mass is 9.89. The summed E-state index contributed by atoms with van der Waals surface area (Å²) < 4.78 is 11.9. The molecule has 2 atom stereocenters. The topological polar surface area (TPSA) is 77.7 Å². The molecule has 1 aromatic heterocycles. The van der Waals surface area contributed by atoms with Crippen LogP contribution in [-0.4, -0.2) is 47.8 Å². The molecular weight excluding hydrogens is 282 g/mol. The summed E-state index contributed by atoms with van der Waals surface area (Å²) in [5, 5.41) is 0. The highest BCUT2D eigenvalue weighted by Gasteiger charge is 2.47. The van der Waals surface area contributed by atoms with Crippen molar-refractivity contribution in [1.82, 2.24) is 9.88 Å². The van der Waals surface area contributed by atoms with E-state index in [9.17, 15) is 4.79 Å². The highest BCUT2D eigenvalue weighted by Crippen LogP contribution is 2.41. The summed E-state index contributed by atoms with van der Waals surface area (Å²) in [6, 6.07) is 5.44. The van der Waals surface area contributed by atoms with Crippen LogP contribution >= 0.6 is 0 Å². The summed E-state index contributed by atoms with van der Waals surface area (Å²) in [5.41, 5.74) is 6.08. The minimum atomic E-state index is -0.359. The Bertz CT molecular complexity index is 511. The zero-order valence-corrected chi connectivity index (χ0v) is 12.7. The van der Waals surface area contributed by atoms with Crippen molar-refractivity contribution in [2.24, 2.45) is 11.7 Å². The molecular formula is C16H23N3O3. The summed E-state index contributed by atoms with van der Waals surface area (Å²) in [6.07, 6.45) is 4.90. The normalized spacial score (nSPS) is 28.2. The van der Waals surface area contributed by atoms with Gasteiger partial charge in [0.2, 0.25) is 0 Å². The molecule has 0 radical (unpaired) electrons. The largest absolute Gasteiger partial charge is 0.375 e. The van der Waals surface area contributed by atoms with Gasteiger partial charge in [0.1, 0.15) is 0 Å². The fraction of sp³-hybridized carbons (Fsp3) is 0.625. The summed E-state index contributed by atoms with van der Waals surface area (Å²) in [7, 11) is 0. The molecule has 3 rings (SSSR count). The number of carbonyl (C=O) groups is 1. The Hall–Kier alpha value is -1.66. The Morgan fingerprint density at radius 2 is 2.45 bits per heavy atom. The number of rotatable bonds is 4. The molecule has 6 nitrogen and oxygen atoms in total. The zero-order valence-electron chi connectivity index (χ0n) is 12.7. The maximum atomic E-state index is 11.5. The van der Waals surface area contributed by atoms with Crippen molar-refractivity contribution in [2.45, 2.75) is 31.5 Å². The van der Waals surface area contributed by atoms with E-state index >= 15 is 0 Å². The molecule has 1 spiro atoms. The van der Waals surface area contributed by atoms with E-state index in [1.165, 1.54) is 0 Å². The molecule has 2 amide bonds. The number of morpholine rings is 1. The van der Waals surface area contributed by atoms with Crippen LogP contribution in [0.1, 0.15) is 25.0 Å². The lowest BCUT2D eigenvalue weighted by molar-refractivity contribution is -0.132. The number of carbonyl (C=O) groups excluding carboxylic acids is 1. The quantitative estimate of drug-likeness (QED) is 0.915. The molecule has 1 aliphatic heterocycles. The average molecular weight is 305 g/mol. The van der Waals surface area contributed by atoms with E-state index in [4.69, 9.17) is 15.2 Å². The SMILES string of the molecule is NC(=O)N1CCO[C@]2(CCC[C@H]2COCc2ccccn2)C1. The molecule has 6 heteroatoms. The van der Waals surface area contributed by atoms with E-state index < -0.39 is 0 Å². The maximum Gasteiger partial charge on any atom is 0.314 e. The van der Waals surface area contributed by atoms with E-state index in [1.54, 1.807) is 11.1 Å². The van der Waals surface area contributed by atoms with Crippen molar-refractivity contribution in [1.29, 1.82) is 0 Å². The van der Waals surface area contributed by atoms with Gasteiger partial charge in [0.15, 0.2) is 0 Å². The van der Waals surface area contributed by atoms with Crippen LogP contribution in [0.2, 0.25) is 0 Å². The molecule has 1 aromatic rings. The van der Waals surface area contributed by atoms with Gasteiger partial charge < -0.3 is 20.1 Å². The Balaban J connectivity index is 1.57. The number of primary amides is 1. The fourth-order valence-electron chi connectivity index (χ4n) is 3.53. The minimum absolute atomic E-state index is 0.280. The minimum Gasteiger partial charge on any atom is -0.375 e. The number of hydrogen-bond donors (Lipinski definition) is 1. The zero-order chi connectivity index (χ0) is 15.4. The smallest absolute Gasteiger partial charge is 0.314 e. The molecule has 2 heterocycles. The second kappa shape index (κ2) is 6.62. The van der Waals surface area contributed by atoms with Crippen LogP contribution in [0.5, 0.6) is 0 Å². The van der Waals surface area contributed by atoms with Crippen LogP contribution in [0.15, 0.2) is 24.4 Å². The third-order valence-corrected chi connectivity index (χ3v) is 4.71. The Morgan fingerprint density at radius 3 is 3.23 bits per heavy atom. The van der Waals surface area contributed by atoms with Crippen molar-refractivity contribution in [3.8, 4) is 0 Å². The van der Waals surface area contributed by atoms with Crippen molar-refractivity contribution in [2.75, 3.05) is 26.3 Å². The first kappa shape index (κ1) is 15.2. The predicted octanol–water partition coefficient (Wildman–Crippen LogP) is 1.55. The van der Waals surface area contributed by atoms with Crippen molar-refractivity contribution in [3.05, 3.63) is 30.1 Å². The first-order valence-corrected chi connectivity index (χ1v) is 7.86. The number of ether oxygens (including phenoxy) is 2. The summed E-state index contributed by atoms with van der Waals surface area (Å²) in [5.74, 6) is 0.304. The van der Waals surface area contributed by atoms with Gasteiger partial charge in [-0.25, -0.2) is 4.79 Å². The van der Waals surface area contributed by atoms with Crippen LogP contribution in [-0.2, 0) is 16.1 Å². The van der Waals surface area contributed by atoms with Gasteiger partial charge in [-0.05, 0) is 25.0 Å². The molecule has 0 aromatic carbocycles. The lowest BCUT2D eigenvalue weighted by Crippen LogP contribution is -2.57. The number of hydrogen-bond acceptors (Lipinski definition) is 4. The van der Waals surface area contributed by atoms with Crippen LogP contribution in [0, 0.1) is 5.92 Å². The monoisotopic (exact) mass is 305 g/mol. The van der Waals surface area contributed by atoms with E-state index in [-0.39, 0.29) is 11.6 Å². The van der Waals surface area contributed by atoms with Crippen molar-refractivity contribution < 1.29 is 14.3 Å². The van der Waals surface area contributed by atoms with Gasteiger partial charge in [-0.2, -0.15) is 0 Å². The van der Waals surface area contributed by atoms with Gasteiger partial charge in [0.25, 0.3) is 0 Å². The number of pyridine rings is 1. The molecule has 2 fully saturated rings. The number of nitrogens with two attached hydrogens (primary N) is 1. The predicted molar refractivity (Wildman–Crippen MR) is 81.1 cm³/mol. The van der Waals surface area contributed by atoms with Crippen LogP contribution < -0.4 is 5.73 Å². The van der Waals surface area contributed by atoms with Gasteiger partial charge in [-0.15, -0.1) is 0 Å². The van der Waals surface area contributed by atoms with Crippen LogP contribution in [0.3, 0.4) is 0 Å². The molecule has 0 unspecified atom stereocenters. The van der Waals surface area contributed by atoms with Gasteiger partial charge >= 0.3 is 6.03 Å². The molecule has 0 bridgehead atoms. The second-order valence-corrected chi connectivity index (χ2v) is 6.10. The summed E-state index contributed by atoms with van der Waals surface area (Å²) >= 11 is 0. The van der Waals surface area contributed by atoms with Crippen molar-refractivity contribution in [3.63, 3.8) is 0 Å². The second-order valence-electron chi connectivity index (χ2n) is 6.10. The molecule has 1 saturated carbocycles. The van der Waals surface area contributed by atoms with E-state index in [0.29, 0.717) is 38.8 Å². The molecule has 22 heavy (non-hydrogen) atoms. The maximum absolute atomic E-state index is 11.5. The molecule has 120 valence electrons. The van der Waals surface area contributed by atoms with Crippen LogP contribution in [0.25, 0.3) is 0 Å². The van der Waals surface area contributed by atoms with Gasteiger partial charge in [0.05, 0.1) is 37.7 Å². The molecule has 1 saturated heterocycles. The van der Waals surface area contributed by atoms with E-state index in [2.05, 4.69) is 4.98 Å². The lowest BCUT2D eigenvalue weighted by Gasteiger charge is -2.43. The number of aromatic nitrogens is 1. The Morgan fingerprint density at radius 1 is 1.55 bits per heavy atom. The number of urea groups is 1. The van der Waals surface area contributed by atoms with Crippen molar-refractivity contribution >= 4 is 6.03 Å². The first-order chi connectivity index (χ1) is 10.7. The molecule has 2 aliphatic rings. The van der Waals surface area contributed by atoms with E-state index in [0.717, 1.165) is 25.0 Å². The Labute approximate surface area is 130 Å². The average Bonchev–Trinajstić information content (AvgIpc) is 2.90. The fourth-order valence-corrected chi connectivity index (χ4v) is 3.53. The first-order valence-electron chi connectivity index (χ1n) is 7.86. The highest BCUT2D eigenvalue weighted by molar-refractivity contribution is 5.72. The third-order valence-electron chi connectivity index (χ3n) is 4.71. The number of amides is 2. The summed E-state index contributed by atoms with van der Waals surface area (Å²) in [4.78, 5) is 17.4. The molecule has 1 aliphatic carbocycles. The molecule has 2 N–H and O–H groups in total. The van der Waals surface area contributed by atoms with E-state index in [1.807, 2.05) is 18.2 Å². The van der Waals surface area contributed by atoms with Crippen LogP contribution in [0.4, 0.5) is 4.79 Å². The van der Waals surface area contributed by atoms with Gasteiger partial charge in [-0.1, -0.05) is 12.5 Å². The van der Waals surface area contributed by atoms with Gasteiger partial charge in [0, 0.05) is 18.7 Å². The van der Waals surface area contributed by atoms with Gasteiger partial charge in [-0.3, -0.25) is 4.98 Å². The summed E-state index contributed by atoms with van der Waals surface area (Å²) in [6.45, 7) is 2.86. The number of nitrogens with zero attached hydrogens (tertiary/aromatic N) is 2. The highest BCUT2D eigenvalue weighted by atomic mass is 16.5. The third kappa shape index (κ3) is 3.23.